The molecule has 3 heteroatoms. The van der Waals surface area contributed by atoms with Crippen molar-refractivity contribution >= 4 is 0 Å². The van der Waals surface area contributed by atoms with E-state index in [1.54, 1.807) is 0 Å². The number of hydrogen-bond acceptors (Lipinski definition) is 3. The van der Waals surface area contributed by atoms with E-state index in [1.807, 2.05) is 32.0 Å². The summed E-state index contributed by atoms with van der Waals surface area (Å²) in [5, 5.41) is 0. The summed E-state index contributed by atoms with van der Waals surface area (Å²) >= 11 is 0. The third-order valence-electron chi connectivity index (χ3n) is 1.90. The molecule has 0 bridgehead atoms. The van der Waals surface area contributed by atoms with Crippen molar-refractivity contribution in [3.63, 3.8) is 0 Å². The molecule has 1 radical (unpaired) electrons. The van der Waals surface area contributed by atoms with Crippen LogP contribution in [0.15, 0.2) is 28.8 Å². The summed E-state index contributed by atoms with van der Waals surface area (Å²) < 4.78 is 10.3. The predicted molar refractivity (Wildman–Crippen MR) is 51.3 cm³/mol. The maximum atomic E-state index is 5.40. The molecule has 0 atom stereocenters. The summed E-state index contributed by atoms with van der Waals surface area (Å²) in [5.74, 6) is 0.756. The molecule has 1 heterocycles. The Morgan fingerprint density at radius 2 is 2.21 bits per heavy atom. The van der Waals surface area contributed by atoms with Gasteiger partial charge in [-0.25, -0.2) is 0 Å². The fourth-order valence-electron chi connectivity index (χ4n) is 1.24. The molecule has 0 saturated carbocycles. The Hall–Kier alpha value is -1.77. The smallest absolute Gasteiger partial charge is 0.399 e. The second-order valence-corrected chi connectivity index (χ2v) is 3.12. The van der Waals surface area contributed by atoms with Crippen molar-refractivity contribution in [2.24, 2.45) is 0 Å². The fourth-order valence-corrected chi connectivity index (χ4v) is 1.24. The first-order valence-corrected chi connectivity index (χ1v) is 4.33. The van der Waals surface area contributed by atoms with Gasteiger partial charge in [0.15, 0.2) is 6.26 Å². The maximum absolute atomic E-state index is 5.40. The molecule has 0 aliphatic heterocycles. The normalized spacial score (nSPS) is 10.1. The van der Waals surface area contributed by atoms with Crippen LogP contribution in [0.3, 0.4) is 0 Å². The van der Waals surface area contributed by atoms with Crippen LogP contribution in [0.2, 0.25) is 0 Å². The summed E-state index contributed by atoms with van der Waals surface area (Å²) in [6, 6.07) is 5.92. The van der Waals surface area contributed by atoms with E-state index in [4.69, 9.17) is 9.15 Å². The molecule has 0 spiro atoms. The molecule has 71 valence electrons. The number of hydrogen-bond donors (Lipinski definition) is 0. The highest BCUT2D eigenvalue weighted by atomic mass is 16.6. The number of aryl methyl sites for hydroxylation is 2. The van der Waals surface area contributed by atoms with E-state index in [-0.39, 0.29) is 6.08 Å². The molecule has 1 aromatic carbocycles. The van der Waals surface area contributed by atoms with Crippen LogP contribution >= 0.6 is 0 Å². The summed E-state index contributed by atoms with van der Waals surface area (Å²) in [6.07, 6.45) is 4.12. The van der Waals surface area contributed by atoms with Gasteiger partial charge in [0, 0.05) is 0 Å². The second-order valence-electron chi connectivity index (χ2n) is 3.12. The first-order valence-electron chi connectivity index (χ1n) is 4.33. The minimum Gasteiger partial charge on any atom is -0.411 e. The lowest BCUT2D eigenvalue weighted by Crippen LogP contribution is -1.87. The average molecular weight is 188 g/mol. The monoisotopic (exact) mass is 188 g/mol. The van der Waals surface area contributed by atoms with E-state index >= 15 is 0 Å². The van der Waals surface area contributed by atoms with Crippen LogP contribution in [-0.4, -0.2) is 4.98 Å². The van der Waals surface area contributed by atoms with Crippen LogP contribution in [0.1, 0.15) is 11.1 Å². The second kappa shape index (κ2) is 3.54. The summed E-state index contributed by atoms with van der Waals surface area (Å²) in [4.78, 5) is 3.83. The van der Waals surface area contributed by atoms with E-state index in [9.17, 15) is 0 Å². The van der Waals surface area contributed by atoms with Gasteiger partial charge in [0.1, 0.15) is 5.75 Å². The van der Waals surface area contributed by atoms with Crippen LogP contribution in [0, 0.1) is 20.1 Å². The van der Waals surface area contributed by atoms with Crippen LogP contribution in [0.5, 0.6) is 11.8 Å². The lowest BCUT2D eigenvalue weighted by atomic mass is 10.1. The van der Waals surface area contributed by atoms with Gasteiger partial charge in [-0.05, 0) is 25.5 Å². The molecule has 0 N–H and O–H groups in total. The van der Waals surface area contributed by atoms with Crippen molar-refractivity contribution in [3.05, 3.63) is 41.8 Å². The van der Waals surface area contributed by atoms with Crippen LogP contribution in [0.4, 0.5) is 0 Å². The Balaban J connectivity index is 2.25. The molecule has 2 rings (SSSR count). The number of oxazole rings is 1. The van der Waals surface area contributed by atoms with Gasteiger partial charge in [-0.2, -0.15) is 4.98 Å². The van der Waals surface area contributed by atoms with Crippen molar-refractivity contribution in [3.8, 4) is 11.8 Å². The lowest BCUT2D eigenvalue weighted by molar-refractivity contribution is 0.326. The van der Waals surface area contributed by atoms with E-state index in [2.05, 4.69) is 11.2 Å². The quantitative estimate of drug-likeness (QED) is 0.726. The molecule has 0 amide bonds. The van der Waals surface area contributed by atoms with Crippen molar-refractivity contribution < 1.29 is 9.15 Å². The van der Waals surface area contributed by atoms with Gasteiger partial charge in [0.2, 0.25) is 0 Å². The lowest BCUT2D eigenvalue weighted by Gasteiger charge is -2.04. The number of benzene rings is 1. The zero-order valence-corrected chi connectivity index (χ0v) is 8.07. The van der Waals surface area contributed by atoms with Gasteiger partial charge < -0.3 is 9.15 Å². The number of ether oxygens (including phenoxy) is 1. The Bertz CT molecular complexity index is 421. The molecular formula is C11H10NO2. The maximum Gasteiger partial charge on any atom is 0.399 e. The summed E-state index contributed by atoms with van der Waals surface area (Å²) in [6.45, 7) is 4.02. The largest absolute Gasteiger partial charge is 0.411 e. The molecule has 14 heavy (non-hydrogen) atoms. The SMILES string of the molecule is Cc1ccc(Oc2nc[c]o2)c(C)c1. The van der Waals surface area contributed by atoms with Crippen molar-refractivity contribution in [2.45, 2.75) is 13.8 Å². The molecule has 3 nitrogen and oxygen atoms in total. The van der Waals surface area contributed by atoms with Gasteiger partial charge >= 0.3 is 6.08 Å². The summed E-state index contributed by atoms with van der Waals surface area (Å²) in [7, 11) is 0. The zero-order valence-electron chi connectivity index (χ0n) is 8.07. The molecule has 2 aromatic rings. The average Bonchev–Trinajstić information content (AvgIpc) is 2.62. The Morgan fingerprint density at radius 1 is 1.36 bits per heavy atom. The van der Waals surface area contributed by atoms with Gasteiger partial charge in [0.25, 0.3) is 0 Å². The van der Waals surface area contributed by atoms with Crippen LogP contribution in [-0.2, 0) is 0 Å². The number of rotatable bonds is 2. The van der Waals surface area contributed by atoms with E-state index in [0.29, 0.717) is 0 Å². The van der Waals surface area contributed by atoms with Crippen molar-refractivity contribution in [1.82, 2.24) is 4.98 Å². The fraction of sp³-hybridized carbons (Fsp3) is 0.182. The van der Waals surface area contributed by atoms with Crippen molar-refractivity contribution in [2.75, 3.05) is 0 Å². The third kappa shape index (κ3) is 1.76. The highest BCUT2D eigenvalue weighted by Gasteiger charge is 2.04. The molecule has 1 aromatic heterocycles. The Labute approximate surface area is 82.3 Å². The molecule has 0 aliphatic carbocycles. The summed E-state index contributed by atoms with van der Waals surface area (Å²) in [5.41, 5.74) is 2.26. The Kier molecular flexibility index (Phi) is 2.23. The standard InChI is InChI=1S/C11H10NO2/c1-8-3-4-10(9(2)7-8)14-11-12-5-6-13-11/h3-5,7H,1-2H3. The van der Waals surface area contributed by atoms with Crippen molar-refractivity contribution in [1.29, 1.82) is 0 Å². The van der Waals surface area contributed by atoms with Gasteiger partial charge in [-0.1, -0.05) is 17.7 Å². The molecule has 0 fully saturated rings. The molecule has 0 unspecified atom stereocenters. The molecular weight excluding hydrogens is 178 g/mol. The van der Waals surface area contributed by atoms with Crippen LogP contribution in [0.25, 0.3) is 0 Å². The zero-order chi connectivity index (χ0) is 9.97. The van der Waals surface area contributed by atoms with Gasteiger partial charge in [-0.3, -0.25) is 0 Å². The third-order valence-corrected chi connectivity index (χ3v) is 1.90. The topological polar surface area (TPSA) is 35.3 Å². The Morgan fingerprint density at radius 3 is 2.86 bits per heavy atom. The minimum absolute atomic E-state index is 0.219. The molecule has 0 aliphatic rings. The highest BCUT2D eigenvalue weighted by molar-refractivity contribution is 5.36. The van der Waals surface area contributed by atoms with E-state index in [1.165, 1.54) is 11.8 Å². The minimum atomic E-state index is 0.219. The number of aromatic nitrogens is 1. The number of nitrogens with zero attached hydrogens (tertiary/aromatic N) is 1. The molecule has 0 saturated heterocycles. The van der Waals surface area contributed by atoms with Crippen LogP contribution < -0.4 is 4.74 Å². The first kappa shape index (κ1) is 8.81. The predicted octanol–water partition coefficient (Wildman–Crippen LogP) is 2.88. The first-order chi connectivity index (χ1) is 6.75. The highest BCUT2D eigenvalue weighted by Crippen LogP contribution is 2.23. The van der Waals surface area contributed by atoms with Gasteiger partial charge in [0.05, 0.1) is 6.20 Å². The van der Waals surface area contributed by atoms with E-state index in [0.717, 1.165) is 11.3 Å². The van der Waals surface area contributed by atoms with Gasteiger partial charge in [-0.15, -0.1) is 0 Å². The van der Waals surface area contributed by atoms with E-state index < -0.39 is 0 Å².